The molecule has 1 aromatic carbocycles. The lowest BCUT2D eigenvalue weighted by Crippen LogP contribution is -1.96. The van der Waals surface area contributed by atoms with Crippen LogP contribution in [-0.4, -0.2) is 5.11 Å². The van der Waals surface area contributed by atoms with Gasteiger partial charge in [-0.05, 0) is 16.7 Å². The Balaban J connectivity index is 3.13. The second kappa shape index (κ2) is 5.00. The fourth-order valence-electron chi connectivity index (χ4n) is 1.14. The van der Waals surface area contributed by atoms with Gasteiger partial charge in [0.15, 0.2) is 0 Å². The van der Waals surface area contributed by atoms with E-state index in [9.17, 15) is 0 Å². The molecular formula is C9H10Br2O. The Morgan fingerprint density at radius 1 is 1.08 bits per heavy atom. The number of hydrogen-bond donors (Lipinski definition) is 1. The van der Waals surface area contributed by atoms with E-state index in [0.717, 1.165) is 27.4 Å². The predicted molar refractivity (Wildman–Crippen MR) is 57.6 cm³/mol. The summed E-state index contributed by atoms with van der Waals surface area (Å²) in [6.07, 6.45) is 0. The van der Waals surface area contributed by atoms with Crippen molar-refractivity contribution in [1.82, 2.24) is 0 Å². The molecule has 0 saturated carbocycles. The number of alkyl halides is 2. The summed E-state index contributed by atoms with van der Waals surface area (Å²) in [7, 11) is 0. The fraction of sp³-hybridized carbons (Fsp3) is 0.333. The van der Waals surface area contributed by atoms with Crippen LogP contribution in [0.4, 0.5) is 0 Å². The van der Waals surface area contributed by atoms with Crippen molar-refractivity contribution in [3.05, 3.63) is 34.9 Å². The summed E-state index contributed by atoms with van der Waals surface area (Å²) in [4.78, 5) is 0. The normalized spacial score (nSPS) is 10.2. The topological polar surface area (TPSA) is 20.2 Å². The molecule has 0 aliphatic heterocycles. The molecule has 0 heterocycles. The lowest BCUT2D eigenvalue weighted by Gasteiger charge is -2.08. The van der Waals surface area contributed by atoms with Crippen LogP contribution in [-0.2, 0) is 17.3 Å². The molecule has 0 spiro atoms. The van der Waals surface area contributed by atoms with Gasteiger partial charge in [-0.25, -0.2) is 0 Å². The predicted octanol–water partition coefficient (Wildman–Crippen LogP) is 2.97. The van der Waals surface area contributed by atoms with Crippen LogP contribution < -0.4 is 0 Å². The van der Waals surface area contributed by atoms with Gasteiger partial charge in [-0.1, -0.05) is 50.1 Å². The fourth-order valence-corrected chi connectivity index (χ4v) is 2.19. The molecule has 12 heavy (non-hydrogen) atoms. The van der Waals surface area contributed by atoms with Crippen molar-refractivity contribution < 1.29 is 5.11 Å². The second-order valence-corrected chi connectivity index (χ2v) is 3.60. The van der Waals surface area contributed by atoms with Crippen LogP contribution in [0.5, 0.6) is 0 Å². The summed E-state index contributed by atoms with van der Waals surface area (Å²) < 4.78 is 0. The zero-order valence-electron chi connectivity index (χ0n) is 6.56. The van der Waals surface area contributed by atoms with Gasteiger partial charge in [0.2, 0.25) is 0 Å². The number of aliphatic hydroxyl groups excluding tert-OH is 1. The zero-order chi connectivity index (χ0) is 8.97. The summed E-state index contributed by atoms with van der Waals surface area (Å²) >= 11 is 6.77. The molecule has 1 nitrogen and oxygen atoms in total. The third-order valence-electron chi connectivity index (χ3n) is 1.82. The first-order valence-electron chi connectivity index (χ1n) is 3.66. The Bertz CT molecular complexity index is 238. The molecule has 0 radical (unpaired) electrons. The molecule has 1 rings (SSSR count). The first-order valence-corrected chi connectivity index (χ1v) is 5.90. The van der Waals surface area contributed by atoms with E-state index in [-0.39, 0.29) is 6.61 Å². The molecule has 0 amide bonds. The highest BCUT2D eigenvalue weighted by atomic mass is 79.9. The van der Waals surface area contributed by atoms with Gasteiger partial charge in [0.25, 0.3) is 0 Å². The minimum atomic E-state index is 0.114. The van der Waals surface area contributed by atoms with E-state index in [0.29, 0.717) is 0 Å². The van der Waals surface area contributed by atoms with E-state index in [1.807, 2.05) is 18.2 Å². The maximum absolute atomic E-state index is 9.12. The molecule has 0 atom stereocenters. The van der Waals surface area contributed by atoms with Gasteiger partial charge in [-0.3, -0.25) is 0 Å². The Morgan fingerprint density at radius 3 is 1.92 bits per heavy atom. The summed E-state index contributed by atoms with van der Waals surface area (Å²) in [5, 5.41) is 10.7. The highest BCUT2D eigenvalue weighted by molar-refractivity contribution is 9.08. The average Bonchev–Trinajstić information content (AvgIpc) is 2.16. The smallest absolute Gasteiger partial charge is 0.0687 e. The van der Waals surface area contributed by atoms with E-state index in [4.69, 9.17) is 5.11 Å². The first kappa shape index (κ1) is 10.2. The Morgan fingerprint density at radius 2 is 1.58 bits per heavy atom. The molecule has 66 valence electrons. The van der Waals surface area contributed by atoms with E-state index in [1.54, 1.807) is 0 Å². The Hall–Kier alpha value is 0.140. The minimum Gasteiger partial charge on any atom is -0.392 e. The third-order valence-corrected chi connectivity index (χ3v) is 3.02. The maximum atomic E-state index is 9.12. The summed E-state index contributed by atoms with van der Waals surface area (Å²) in [6, 6.07) is 6.05. The van der Waals surface area contributed by atoms with Gasteiger partial charge in [0.1, 0.15) is 0 Å². The highest BCUT2D eigenvalue weighted by Crippen LogP contribution is 2.19. The van der Waals surface area contributed by atoms with Crippen LogP contribution in [0.2, 0.25) is 0 Å². The minimum absolute atomic E-state index is 0.114. The van der Waals surface area contributed by atoms with Crippen molar-refractivity contribution in [3.8, 4) is 0 Å². The monoisotopic (exact) mass is 292 g/mol. The van der Waals surface area contributed by atoms with Crippen molar-refractivity contribution in [1.29, 1.82) is 0 Å². The Kier molecular flexibility index (Phi) is 4.26. The van der Waals surface area contributed by atoms with Crippen LogP contribution in [0.25, 0.3) is 0 Å². The number of aliphatic hydroxyl groups is 1. The van der Waals surface area contributed by atoms with Crippen LogP contribution >= 0.6 is 31.9 Å². The highest BCUT2D eigenvalue weighted by Gasteiger charge is 2.04. The Labute approximate surface area is 89.1 Å². The number of benzene rings is 1. The van der Waals surface area contributed by atoms with Gasteiger partial charge >= 0.3 is 0 Å². The molecule has 1 aromatic rings. The standard InChI is InChI=1S/C9H10Br2O/c10-4-7-2-1-3-8(5-11)9(7)6-12/h1-3,12H,4-6H2. The van der Waals surface area contributed by atoms with Crippen molar-refractivity contribution >= 4 is 31.9 Å². The summed E-state index contributed by atoms with van der Waals surface area (Å²) in [5.74, 6) is 0. The van der Waals surface area contributed by atoms with Gasteiger partial charge in [0, 0.05) is 10.7 Å². The van der Waals surface area contributed by atoms with Crippen molar-refractivity contribution in [3.63, 3.8) is 0 Å². The van der Waals surface area contributed by atoms with Gasteiger partial charge in [-0.15, -0.1) is 0 Å². The molecule has 1 N–H and O–H groups in total. The van der Waals surface area contributed by atoms with Crippen molar-refractivity contribution in [2.75, 3.05) is 0 Å². The van der Waals surface area contributed by atoms with Crippen molar-refractivity contribution in [2.45, 2.75) is 17.3 Å². The summed E-state index contributed by atoms with van der Waals surface area (Å²) in [6.45, 7) is 0.114. The molecule has 0 saturated heterocycles. The van der Waals surface area contributed by atoms with Gasteiger partial charge in [-0.2, -0.15) is 0 Å². The van der Waals surface area contributed by atoms with E-state index in [1.165, 1.54) is 0 Å². The zero-order valence-corrected chi connectivity index (χ0v) is 9.73. The van der Waals surface area contributed by atoms with Crippen LogP contribution in [0.1, 0.15) is 16.7 Å². The maximum Gasteiger partial charge on any atom is 0.0687 e. The largest absolute Gasteiger partial charge is 0.392 e. The quantitative estimate of drug-likeness (QED) is 0.850. The lowest BCUT2D eigenvalue weighted by molar-refractivity contribution is 0.280. The SMILES string of the molecule is OCc1c(CBr)cccc1CBr. The molecule has 3 heteroatoms. The lowest BCUT2D eigenvalue weighted by atomic mass is 10.0. The van der Waals surface area contributed by atoms with Crippen molar-refractivity contribution in [2.24, 2.45) is 0 Å². The molecule has 0 fully saturated rings. The molecular weight excluding hydrogens is 284 g/mol. The van der Waals surface area contributed by atoms with Crippen LogP contribution in [0.15, 0.2) is 18.2 Å². The molecule has 0 bridgehead atoms. The number of hydrogen-bond acceptors (Lipinski definition) is 1. The number of rotatable bonds is 3. The third kappa shape index (κ3) is 2.09. The first-order chi connectivity index (χ1) is 5.83. The molecule has 0 aliphatic rings. The summed E-state index contributed by atoms with van der Waals surface area (Å²) in [5.41, 5.74) is 3.36. The average molecular weight is 294 g/mol. The molecule has 0 aliphatic carbocycles. The van der Waals surface area contributed by atoms with E-state index < -0.39 is 0 Å². The second-order valence-electron chi connectivity index (χ2n) is 2.48. The van der Waals surface area contributed by atoms with Gasteiger partial charge in [0.05, 0.1) is 6.61 Å². The molecule has 0 unspecified atom stereocenters. The van der Waals surface area contributed by atoms with E-state index in [2.05, 4.69) is 31.9 Å². The number of halogens is 2. The van der Waals surface area contributed by atoms with Crippen LogP contribution in [0, 0.1) is 0 Å². The van der Waals surface area contributed by atoms with E-state index >= 15 is 0 Å². The molecule has 0 aromatic heterocycles. The van der Waals surface area contributed by atoms with Crippen LogP contribution in [0.3, 0.4) is 0 Å². The van der Waals surface area contributed by atoms with Gasteiger partial charge < -0.3 is 5.11 Å².